The lowest BCUT2D eigenvalue weighted by atomic mass is 10.0. The zero-order chi connectivity index (χ0) is 20.7. The molecule has 0 amide bonds. The summed E-state index contributed by atoms with van der Waals surface area (Å²) in [4.78, 5) is 3.31. The number of rotatable bonds is 7. The summed E-state index contributed by atoms with van der Waals surface area (Å²) in [5.41, 5.74) is 3.18. The molecule has 0 fully saturated rings. The molecule has 0 aliphatic carbocycles. The van der Waals surface area contributed by atoms with Gasteiger partial charge in [0.2, 0.25) is 9.84 Å². The van der Waals surface area contributed by atoms with E-state index in [-0.39, 0.29) is 0 Å². The second kappa shape index (κ2) is 10.1. The summed E-state index contributed by atoms with van der Waals surface area (Å²) in [6.07, 6.45) is 5.66. The summed E-state index contributed by atoms with van der Waals surface area (Å²) in [5.74, 6) is 0. The normalized spacial score (nSPS) is 13.3. The monoisotopic (exact) mass is 401 g/mol. The Morgan fingerprint density at radius 3 is 2.25 bits per heavy atom. The summed E-state index contributed by atoms with van der Waals surface area (Å²) in [6.45, 7) is 11.3. The van der Waals surface area contributed by atoms with Gasteiger partial charge >= 0.3 is 0 Å². The van der Waals surface area contributed by atoms with Crippen molar-refractivity contribution in [2.24, 2.45) is 0 Å². The van der Waals surface area contributed by atoms with Crippen molar-refractivity contribution in [3.8, 4) is 0 Å². The Balaban J connectivity index is 0.00000136. The molecule has 0 bridgehead atoms. The molecule has 2 aromatic rings. The lowest BCUT2D eigenvalue weighted by Crippen LogP contribution is -2.33. The van der Waals surface area contributed by atoms with Gasteiger partial charge in [-0.15, -0.1) is 0 Å². The number of hydrogen-bond acceptors (Lipinski definition) is 3. The van der Waals surface area contributed by atoms with Gasteiger partial charge < -0.3 is 4.90 Å². The van der Waals surface area contributed by atoms with Crippen LogP contribution in [-0.4, -0.2) is 21.0 Å². The third kappa shape index (κ3) is 4.60. The standard InChI is InChI=1S/C22H29NO2S.C2H6/c1-4-8-19(9-5-2)23-15-14-18-16-20(12-13-21(18)23)26(24,25)22-11-7-6-10-17(22)3;1-2/h6-7,10-13,16,19H,4-5,8-9,14-15H2,1-3H3;1-2H3. The van der Waals surface area contributed by atoms with Crippen molar-refractivity contribution in [2.45, 2.75) is 82.6 Å². The molecule has 2 aromatic carbocycles. The van der Waals surface area contributed by atoms with Gasteiger partial charge in [-0.1, -0.05) is 58.7 Å². The molecule has 0 N–H and O–H groups in total. The molecular formula is C24H35NO2S. The summed E-state index contributed by atoms with van der Waals surface area (Å²) >= 11 is 0. The Morgan fingerprint density at radius 1 is 1.00 bits per heavy atom. The molecule has 1 heterocycles. The molecule has 154 valence electrons. The average Bonchev–Trinajstić information content (AvgIpc) is 3.13. The van der Waals surface area contributed by atoms with E-state index in [0.29, 0.717) is 15.8 Å². The van der Waals surface area contributed by atoms with Crippen LogP contribution in [0.25, 0.3) is 0 Å². The number of hydrogen-bond donors (Lipinski definition) is 0. The zero-order valence-corrected chi connectivity index (χ0v) is 18.8. The van der Waals surface area contributed by atoms with Crippen molar-refractivity contribution >= 4 is 15.5 Å². The van der Waals surface area contributed by atoms with Crippen LogP contribution >= 0.6 is 0 Å². The fourth-order valence-corrected chi connectivity index (χ4v) is 5.61. The number of sulfone groups is 1. The molecule has 0 saturated carbocycles. The highest BCUT2D eigenvalue weighted by Crippen LogP contribution is 2.35. The van der Waals surface area contributed by atoms with Crippen molar-refractivity contribution in [1.82, 2.24) is 0 Å². The van der Waals surface area contributed by atoms with Gasteiger partial charge in [-0.05, 0) is 61.6 Å². The Bertz CT molecular complexity index is 868. The van der Waals surface area contributed by atoms with E-state index in [1.807, 2.05) is 45.0 Å². The molecule has 0 unspecified atom stereocenters. The zero-order valence-electron chi connectivity index (χ0n) is 18.0. The summed E-state index contributed by atoms with van der Waals surface area (Å²) in [7, 11) is -3.47. The van der Waals surface area contributed by atoms with Crippen LogP contribution in [0.4, 0.5) is 5.69 Å². The van der Waals surface area contributed by atoms with Crippen LogP contribution in [0.15, 0.2) is 52.3 Å². The van der Waals surface area contributed by atoms with Gasteiger partial charge in [0.15, 0.2) is 0 Å². The van der Waals surface area contributed by atoms with Crippen LogP contribution in [-0.2, 0) is 16.3 Å². The second-order valence-electron chi connectivity index (χ2n) is 7.23. The molecule has 0 radical (unpaired) electrons. The highest BCUT2D eigenvalue weighted by atomic mass is 32.2. The van der Waals surface area contributed by atoms with E-state index in [4.69, 9.17) is 0 Å². The fraction of sp³-hybridized carbons (Fsp3) is 0.500. The minimum Gasteiger partial charge on any atom is -0.368 e. The third-order valence-corrected chi connectivity index (χ3v) is 7.27. The Morgan fingerprint density at radius 2 is 1.64 bits per heavy atom. The van der Waals surface area contributed by atoms with E-state index < -0.39 is 9.84 Å². The average molecular weight is 402 g/mol. The van der Waals surface area contributed by atoms with Crippen molar-refractivity contribution in [3.05, 3.63) is 53.6 Å². The van der Waals surface area contributed by atoms with Crippen molar-refractivity contribution in [3.63, 3.8) is 0 Å². The van der Waals surface area contributed by atoms with E-state index in [2.05, 4.69) is 18.7 Å². The van der Waals surface area contributed by atoms with E-state index >= 15 is 0 Å². The van der Waals surface area contributed by atoms with Crippen molar-refractivity contribution < 1.29 is 8.42 Å². The van der Waals surface area contributed by atoms with Crippen LogP contribution in [0, 0.1) is 6.92 Å². The quantitative estimate of drug-likeness (QED) is 0.555. The molecule has 3 nitrogen and oxygen atoms in total. The maximum absolute atomic E-state index is 13.1. The molecule has 0 spiro atoms. The first-order valence-electron chi connectivity index (χ1n) is 10.7. The van der Waals surface area contributed by atoms with Gasteiger partial charge in [0.05, 0.1) is 9.79 Å². The van der Waals surface area contributed by atoms with Gasteiger partial charge in [-0.25, -0.2) is 8.42 Å². The van der Waals surface area contributed by atoms with Crippen LogP contribution in [0.1, 0.15) is 64.5 Å². The van der Waals surface area contributed by atoms with Crippen molar-refractivity contribution in [1.29, 1.82) is 0 Å². The summed E-state index contributed by atoms with van der Waals surface area (Å²) in [6, 6.07) is 13.5. The number of fused-ring (bicyclic) bond motifs is 1. The van der Waals surface area contributed by atoms with E-state index in [9.17, 15) is 8.42 Å². The first-order valence-corrected chi connectivity index (χ1v) is 12.2. The van der Waals surface area contributed by atoms with E-state index in [1.165, 1.54) is 31.4 Å². The predicted octanol–water partition coefficient (Wildman–Crippen LogP) is 6.19. The molecule has 3 rings (SSSR count). The minimum atomic E-state index is -3.47. The lowest BCUT2D eigenvalue weighted by molar-refractivity contribution is 0.514. The van der Waals surface area contributed by atoms with E-state index in [1.54, 1.807) is 18.2 Å². The molecule has 1 aliphatic heterocycles. The van der Waals surface area contributed by atoms with Crippen LogP contribution in [0.2, 0.25) is 0 Å². The highest BCUT2D eigenvalue weighted by Gasteiger charge is 2.27. The molecular weight excluding hydrogens is 366 g/mol. The number of aryl methyl sites for hydroxylation is 1. The predicted molar refractivity (Wildman–Crippen MR) is 119 cm³/mol. The molecule has 0 saturated heterocycles. The number of benzene rings is 2. The maximum Gasteiger partial charge on any atom is 0.206 e. The van der Waals surface area contributed by atoms with Crippen LogP contribution < -0.4 is 4.90 Å². The maximum atomic E-state index is 13.1. The Labute approximate surface area is 171 Å². The first-order chi connectivity index (χ1) is 13.5. The Hall–Kier alpha value is -1.81. The van der Waals surface area contributed by atoms with Gasteiger partial charge in [0, 0.05) is 18.3 Å². The topological polar surface area (TPSA) is 37.4 Å². The SMILES string of the molecule is CC.CCCC(CCC)N1CCc2cc(S(=O)(=O)c3ccccc3C)ccc21. The number of anilines is 1. The smallest absolute Gasteiger partial charge is 0.206 e. The summed E-state index contributed by atoms with van der Waals surface area (Å²) in [5, 5.41) is 0. The molecule has 28 heavy (non-hydrogen) atoms. The Kier molecular flexibility index (Phi) is 8.11. The first kappa shape index (κ1) is 22.5. The molecule has 1 aliphatic rings. The summed E-state index contributed by atoms with van der Waals surface area (Å²) < 4.78 is 26.1. The molecule has 0 atom stereocenters. The second-order valence-corrected chi connectivity index (χ2v) is 9.15. The largest absolute Gasteiger partial charge is 0.368 e. The van der Waals surface area contributed by atoms with Crippen LogP contribution in [0.3, 0.4) is 0 Å². The lowest BCUT2D eigenvalue weighted by Gasteiger charge is -2.30. The molecule has 0 aromatic heterocycles. The van der Waals surface area contributed by atoms with E-state index in [0.717, 1.165) is 24.1 Å². The van der Waals surface area contributed by atoms with Gasteiger partial charge in [0.1, 0.15) is 0 Å². The number of nitrogens with zero attached hydrogens (tertiary/aromatic N) is 1. The van der Waals surface area contributed by atoms with Gasteiger partial charge in [-0.2, -0.15) is 0 Å². The fourth-order valence-electron chi connectivity index (χ4n) is 4.06. The van der Waals surface area contributed by atoms with Gasteiger partial charge in [-0.3, -0.25) is 0 Å². The third-order valence-electron chi connectivity index (χ3n) is 5.36. The van der Waals surface area contributed by atoms with Crippen LogP contribution in [0.5, 0.6) is 0 Å². The van der Waals surface area contributed by atoms with Crippen molar-refractivity contribution in [2.75, 3.05) is 11.4 Å². The highest BCUT2D eigenvalue weighted by molar-refractivity contribution is 7.91. The molecule has 4 heteroatoms. The minimum absolute atomic E-state index is 0.407. The van der Waals surface area contributed by atoms with Gasteiger partial charge in [0.25, 0.3) is 0 Å².